The van der Waals surface area contributed by atoms with Gasteiger partial charge in [0.15, 0.2) is 0 Å². The summed E-state index contributed by atoms with van der Waals surface area (Å²) in [6.07, 6.45) is 0. The zero-order valence-corrected chi connectivity index (χ0v) is 6.61. The van der Waals surface area contributed by atoms with Crippen LogP contribution in [0.2, 0.25) is 0 Å². The molecule has 0 bridgehead atoms. The molecule has 0 rings (SSSR count). The Kier molecular flexibility index (Phi) is 7.12. The molecule has 1 nitrogen and oxygen atoms in total. The predicted molar refractivity (Wildman–Crippen MR) is 21.2 cm³/mol. The average Bonchev–Trinajstić information content (AvgIpc) is 1.33. The first kappa shape index (κ1) is 5.55. The topological polar surface area (TPSA) is 31.5 Å². The Balaban J connectivity index is 0. The zero-order valence-electron chi connectivity index (χ0n) is 3.92. The van der Waals surface area contributed by atoms with E-state index in [0.29, 0.717) is 0 Å². The number of hydrogen-bond acceptors (Lipinski definition) is 0. The second kappa shape index (κ2) is 6.41. The fraction of sp³-hybridized carbons (Fsp3) is 0. The Bertz CT molecular complexity index is 24.1. The molecule has 0 saturated carbocycles. The van der Waals surface area contributed by atoms with Crippen LogP contribution in [0.4, 0.5) is 0 Å². The first-order valence-electron chi connectivity index (χ1n) is 1.25. The van der Waals surface area contributed by atoms with Crippen LogP contribution in [0.25, 0.3) is 0 Å². The van der Waals surface area contributed by atoms with Gasteiger partial charge in [-0.3, -0.25) is 0 Å². The first-order chi connectivity index (χ1) is 3.15. The van der Waals surface area contributed by atoms with E-state index in [2.05, 4.69) is 5.48 Å². The summed E-state index contributed by atoms with van der Waals surface area (Å²) in [7, 11) is 0. The van der Waals surface area contributed by atoms with Crippen LogP contribution in [0, 0.1) is 37.0 Å². The molecule has 0 unspecified atom stereocenters. The van der Waals surface area contributed by atoms with Crippen molar-refractivity contribution in [1.82, 2.24) is 0 Å². The summed E-state index contributed by atoms with van der Waals surface area (Å²) >= 11 is -2.05. The standard InChI is InChI=1S/3ClH.Eu.H2O/h3*1H;;1H2/q;;;+3;/p-3/i/hD2. The van der Waals surface area contributed by atoms with E-state index in [9.17, 15) is 0 Å². The minimum absolute atomic E-state index is 2.05. The van der Waals surface area contributed by atoms with Gasteiger partial charge in [-0.25, -0.2) is 0 Å². The van der Waals surface area contributed by atoms with Crippen LogP contribution in [-0.4, -0.2) is 8.34 Å². The SMILES string of the molecule is [2H]O[2H].[Cl][Eu]([Cl])[Cl]. The molecule has 0 spiro atoms. The molecule has 5 heavy (non-hydrogen) atoms. The van der Waals surface area contributed by atoms with Gasteiger partial charge in [0.25, 0.3) is 0 Å². The van der Waals surface area contributed by atoms with E-state index < -0.39 is 37.0 Å². The normalized spacial score (nSPS) is 13.0. The summed E-state index contributed by atoms with van der Waals surface area (Å²) < 4.78 is 25.7. The van der Waals surface area contributed by atoms with Gasteiger partial charge in [-0.2, -0.15) is 0 Å². The molecule has 0 saturated heterocycles. The van der Waals surface area contributed by atoms with Gasteiger partial charge in [-0.05, 0) is 0 Å². The van der Waals surface area contributed by atoms with Crippen molar-refractivity contribution in [3.63, 3.8) is 0 Å². The Morgan fingerprint density at radius 1 is 1.60 bits per heavy atom. The molecular formula is H2Cl3EuO. The molecule has 2 N–H and O–H groups in total. The third-order valence-corrected chi connectivity index (χ3v) is 0. The van der Waals surface area contributed by atoms with Crippen LogP contribution in [-0.2, 0) is 0 Å². The molecule has 0 aromatic carbocycles. The van der Waals surface area contributed by atoms with Crippen molar-refractivity contribution in [1.29, 1.82) is 2.86 Å². The fourth-order valence-electron chi connectivity index (χ4n) is 0. The van der Waals surface area contributed by atoms with E-state index in [1.54, 1.807) is 0 Å². The van der Waals surface area contributed by atoms with Crippen molar-refractivity contribution in [2.24, 2.45) is 0 Å². The summed E-state index contributed by atoms with van der Waals surface area (Å²) in [5, 5.41) is 0. The monoisotopic (exact) mass is 278 g/mol. The Labute approximate surface area is 56.2 Å². The van der Waals surface area contributed by atoms with Crippen LogP contribution in [0.3, 0.4) is 0 Å². The summed E-state index contributed by atoms with van der Waals surface area (Å²) in [5.41, 5.74) is 2.75. The number of rotatable bonds is 0. The summed E-state index contributed by atoms with van der Waals surface area (Å²) in [6.45, 7) is 0. The van der Waals surface area contributed by atoms with Crippen LogP contribution in [0.15, 0.2) is 0 Å². The Morgan fingerprint density at radius 2 is 1.60 bits per heavy atom. The molecule has 0 aliphatic heterocycles. The van der Waals surface area contributed by atoms with Gasteiger partial charge in [0.05, 0.1) is 0 Å². The van der Waals surface area contributed by atoms with E-state index in [4.69, 9.17) is 15.3 Å². The van der Waals surface area contributed by atoms with Crippen LogP contribution in [0.5, 0.6) is 0 Å². The van der Waals surface area contributed by atoms with Gasteiger partial charge in [-0.15, -0.1) is 0 Å². The molecule has 0 atom stereocenters. The molecule has 0 aliphatic rings. The average molecular weight is 278 g/mol. The first-order valence-corrected chi connectivity index (χ1v) is 9.54. The molecule has 0 amide bonds. The third-order valence-electron chi connectivity index (χ3n) is 0. The molecule has 5 heteroatoms. The van der Waals surface area contributed by atoms with E-state index in [1.807, 2.05) is 0 Å². The van der Waals surface area contributed by atoms with Gasteiger partial charge in [0, 0.05) is 0 Å². The molecule has 0 aromatic rings. The van der Waals surface area contributed by atoms with Crippen LogP contribution < -0.4 is 0 Å². The minimum atomic E-state index is -2.05. The van der Waals surface area contributed by atoms with Gasteiger partial charge < -0.3 is 5.48 Å². The second-order valence-corrected chi connectivity index (χ2v) is 10.8. The van der Waals surface area contributed by atoms with Crippen LogP contribution >= 0.6 is 12.5 Å². The maximum absolute atomic E-state index is 5.38. The quantitative estimate of drug-likeness (QED) is 0.638. The number of halogens is 3. The van der Waals surface area contributed by atoms with Crippen LogP contribution in [0.1, 0.15) is 0 Å². The van der Waals surface area contributed by atoms with Crippen molar-refractivity contribution in [3.8, 4) is 0 Å². The second-order valence-electron chi connectivity index (χ2n) is 0.162. The van der Waals surface area contributed by atoms with Crippen molar-refractivity contribution < 1.29 is 42.5 Å². The summed E-state index contributed by atoms with van der Waals surface area (Å²) in [6, 6.07) is 0. The van der Waals surface area contributed by atoms with Gasteiger partial charge in [0.1, 0.15) is 0 Å². The molecule has 0 heterocycles. The molecule has 0 aliphatic carbocycles. The molecular weight excluding hydrogens is 274 g/mol. The zero-order chi connectivity index (χ0) is 6.28. The summed E-state index contributed by atoms with van der Waals surface area (Å²) in [5.74, 6) is 0. The van der Waals surface area contributed by atoms with Crippen molar-refractivity contribution in [2.45, 2.75) is 0 Å². The van der Waals surface area contributed by atoms with E-state index in [-0.39, 0.29) is 0 Å². The summed E-state index contributed by atoms with van der Waals surface area (Å²) in [4.78, 5) is 0. The van der Waals surface area contributed by atoms with E-state index >= 15 is 0 Å². The molecule has 0 aromatic heterocycles. The van der Waals surface area contributed by atoms with E-state index in [1.165, 1.54) is 0 Å². The van der Waals surface area contributed by atoms with E-state index in [0.717, 1.165) is 0 Å². The molecule has 0 fully saturated rings. The van der Waals surface area contributed by atoms with Crippen molar-refractivity contribution >= 4 is 12.5 Å². The van der Waals surface area contributed by atoms with Crippen molar-refractivity contribution in [3.05, 3.63) is 0 Å². The van der Waals surface area contributed by atoms with Gasteiger partial charge in [0.2, 0.25) is 2.86 Å². The fourth-order valence-corrected chi connectivity index (χ4v) is 0. The van der Waals surface area contributed by atoms with Gasteiger partial charge in [-0.1, -0.05) is 0 Å². The molecule has 0 radical (unpaired) electrons. The van der Waals surface area contributed by atoms with Gasteiger partial charge >= 0.3 is 49.4 Å². The molecule has 36 valence electrons. The predicted octanol–water partition coefficient (Wildman–Crippen LogP) is 1.24. The van der Waals surface area contributed by atoms with Crippen molar-refractivity contribution in [2.75, 3.05) is 0 Å². The number of hydrogen-bond donors (Lipinski definition) is 0. The maximum atomic E-state index is 5.38. The Hall–Kier alpha value is 2.41. The third kappa shape index (κ3) is 21.4. The Morgan fingerprint density at radius 3 is 1.60 bits per heavy atom.